The van der Waals surface area contributed by atoms with Gasteiger partial charge in [0.2, 0.25) is 0 Å². The third-order valence-electron chi connectivity index (χ3n) is 14.8. The molecular weight excluding hydrogens is 1110 g/mol. The van der Waals surface area contributed by atoms with Gasteiger partial charge >= 0.3 is 39.5 Å². The number of carbonyl (C=O) groups is 4. The molecule has 0 radical (unpaired) electrons. The van der Waals surface area contributed by atoms with Crippen molar-refractivity contribution in [1.82, 2.24) is 0 Å². The van der Waals surface area contributed by atoms with Crippen LogP contribution in [-0.2, 0) is 65.4 Å². The van der Waals surface area contributed by atoms with Gasteiger partial charge in [-0.2, -0.15) is 0 Å². The smallest absolute Gasteiger partial charge is 0.462 e. The molecule has 17 nitrogen and oxygen atoms in total. The summed E-state index contributed by atoms with van der Waals surface area (Å²) >= 11 is 0. The second kappa shape index (κ2) is 55.2. The standard InChI is InChI=1S/C65H126O17P2/c1-55(2)41-33-25-17-13-11-9-10-12-14-20-31-39-47-64(69)81-60(51-75-62(67)45-37-29-21-15-18-26-34-42-56(3)4)53-79-83(71,72)77-49-59(66)50-78-84(73,74)80-54-61(82-65(70)48-40-32-24-23-28-36-44-58(7)8)52-76-63(68)46-38-30-22-16-19-27-35-43-57(5)6/h55-61,66H,9-54H2,1-8H3,(H,71,72)(H,73,74)/t59?,60-,61-/m1/s1. The van der Waals surface area contributed by atoms with E-state index in [4.69, 9.17) is 37.0 Å². The van der Waals surface area contributed by atoms with E-state index in [2.05, 4.69) is 55.4 Å². The highest BCUT2D eigenvalue weighted by Crippen LogP contribution is 2.45. The van der Waals surface area contributed by atoms with Gasteiger partial charge in [0.25, 0.3) is 0 Å². The van der Waals surface area contributed by atoms with Crippen LogP contribution >= 0.6 is 15.6 Å². The van der Waals surface area contributed by atoms with Crippen LogP contribution in [0.3, 0.4) is 0 Å². The molecule has 0 spiro atoms. The van der Waals surface area contributed by atoms with Gasteiger partial charge in [-0.05, 0) is 49.4 Å². The van der Waals surface area contributed by atoms with Crippen LogP contribution in [0.5, 0.6) is 0 Å². The summed E-state index contributed by atoms with van der Waals surface area (Å²) in [7, 11) is -9.89. The highest BCUT2D eigenvalue weighted by Gasteiger charge is 2.30. The molecule has 0 aliphatic carbocycles. The minimum atomic E-state index is -4.95. The first-order valence-electron chi connectivity index (χ1n) is 33.7. The summed E-state index contributed by atoms with van der Waals surface area (Å²) in [6, 6.07) is 0. The summed E-state index contributed by atoms with van der Waals surface area (Å²) < 4.78 is 68.0. The van der Waals surface area contributed by atoms with Crippen LogP contribution in [0.4, 0.5) is 0 Å². The van der Waals surface area contributed by atoms with E-state index in [-0.39, 0.29) is 25.7 Å². The highest BCUT2D eigenvalue weighted by atomic mass is 31.2. The predicted molar refractivity (Wildman–Crippen MR) is 335 cm³/mol. The molecule has 0 aliphatic heterocycles. The molecule has 0 heterocycles. The molecule has 3 unspecified atom stereocenters. The summed E-state index contributed by atoms with van der Waals surface area (Å²) in [4.78, 5) is 72.2. The number of phosphoric acid groups is 2. The molecule has 3 N–H and O–H groups in total. The number of carbonyl (C=O) groups excluding carboxylic acids is 4. The summed E-state index contributed by atoms with van der Waals surface area (Å²) in [6.07, 6.45) is 35.2. The van der Waals surface area contributed by atoms with Crippen molar-refractivity contribution in [2.45, 2.75) is 331 Å². The quantitative estimate of drug-likeness (QED) is 0.0222. The Morgan fingerprint density at radius 3 is 0.738 bits per heavy atom. The van der Waals surface area contributed by atoms with Gasteiger partial charge in [0.05, 0.1) is 26.4 Å². The van der Waals surface area contributed by atoms with Crippen LogP contribution in [0.15, 0.2) is 0 Å². The third kappa shape index (κ3) is 59.0. The average Bonchev–Trinajstić information content (AvgIpc) is 3.51. The van der Waals surface area contributed by atoms with E-state index in [0.717, 1.165) is 109 Å². The zero-order valence-electron chi connectivity index (χ0n) is 54.5. The van der Waals surface area contributed by atoms with E-state index in [1.165, 1.54) is 103 Å². The maximum absolute atomic E-state index is 13.0. The number of aliphatic hydroxyl groups is 1. The van der Waals surface area contributed by atoms with Gasteiger partial charge in [-0.1, -0.05) is 261 Å². The lowest BCUT2D eigenvalue weighted by atomic mass is 10.0. The molecular formula is C65H126O17P2. The fraction of sp³-hybridized carbons (Fsp3) is 0.938. The van der Waals surface area contributed by atoms with Crippen molar-refractivity contribution in [3.63, 3.8) is 0 Å². The van der Waals surface area contributed by atoms with Gasteiger partial charge in [-0.25, -0.2) is 9.13 Å². The Kier molecular flexibility index (Phi) is 53.9. The summed E-state index contributed by atoms with van der Waals surface area (Å²) in [5.74, 6) is 0.714. The van der Waals surface area contributed by atoms with Gasteiger partial charge < -0.3 is 33.8 Å². The Morgan fingerprint density at radius 2 is 0.500 bits per heavy atom. The summed E-state index contributed by atoms with van der Waals surface area (Å²) in [6.45, 7) is 13.9. The van der Waals surface area contributed by atoms with Crippen molar-refractivity contribution in [3.05, 3.63) is 0 Å². The van der Waals surface area contributed by atoms with Gasteiger partial charge in [-0.15, -0.1) is 0 Å². The molecule has 84 heavy (non-hydrogen) atoms. The van der Waals surface area contributed by atoms with Crippen LogP contribution in [0, 0.1) is 23.7 Å². The fourth-order valence-electron chi connectivity index (χ4n) is 9.61. The van der Waals surface area contributed by atoms with E-state index < -0.39 is 97.5 Å². The fourth-order valence-corrected chi connectivity index (χ4v) is 11.2. The lowest BCUT2D eigenvalue weighted by Gasteiger charge is -2.21. The van der Waals surface area contributed by atoms with Crippen LogP contribution in [0.1, 0.15) is 312 Å². The Morgan fingerprint density at radius 1 is 0.298 bits per heavy atom. The molecule has 0 aromatic carbocycles. The van der Waals surface area contributed by atoms with Crippen LogP contribution in [0.2, 0.25) is 0 Å². The molecule has 0 aliphatic rings. The highest BCUT2D eigenvalue weighted by molar-refractivity contribution is 7.47. The number of hydrogen-bond acceptors (Lipinski definition) is 15. The average molecular weight is 1240 g/mol. The summed E-state index contributed by atoms with van der Waals surface area (Å²) in [5.41, 5.74) is 0. The topological polar surface area (TPSA) is 237 Å². The first-order valence-corrected chi connectivity index (χ1v) is 36.7. The maximum Gasteiger partial charge on any atom is 0.472 e. The van der Waals surface area contributed by atoms with Crippen LogP contribution in [-0.4, -0.2) is 96.7 Å². The lowest BCUT2D eigenvalue weighted by Crippen LogP contribution is -2.30. The van der Waals surface area contributed by atoms with Crippen molar-refractivity contribution < 1.29 is 80.2 Å². The maximum atomic E-state index is 13.0. The van der Waals surface area contributed by atoms with E-state index in [1.807, 2.05) is 0 Å². The number of esters is 4. The number of unbranched alkanes of at least 4 members (excludes halogenated alkanes) is 28. The molecule has 5 atom stereocenters. The minimum absolute atomic E-state index is 0.101. The Bertz CT molecular complexity index is 1680. The molecule has 0 bridgehead atoms. The Hall–Kier alpha value is -1.94. The Balaban J connectivity index is 5.23. The molecule has 0 rings (SSSR count). The molecule has 0 fully saturated rings. The van der Waals surface area contributed by atoms with Crippen molar-refractivity contribution in [3.8, 4) is 0 Å². The van der Waals surface area contributed by atoms with Crippen molar-refractivity contribution in [2.24, 2.45) is 23.7 Å². The van der Waals surface area contributed by atoms with Gasteiger partial charge in [-0.3, -0.25) is 37.3 Å². The van der Waals surface area contributed by atoms with E-state index in [9.17, 15) is 43.2 Å². The summed E-state index contributed by atoms with van der Waals surface area (Å²) in [5, 5.41) is 10.5. The van der Waals surface area contributed by atoms with Crippen molar-refractivity contribution >= 4 is 39.5 Å². The van der Waals surface area contributed by atoms with Gasteiger partial charge in [0.1, 0.15) is 19.3 Å². The van der Waals surface area contributed by atoms with E-state index in [1.54, 1.807) is 0 Å². The van der Waals surface area contributed by atoms with Crippen LogP contribution in [0.25, 0.3) is 0 Å². The molecule has 0 amide bonds. The second-order valence-corrected chi connectivity index (χ2v) is 28.3. The molecule has 0 saturated carbocycles. The number of phosphoric ester groups is 2. The monoisotopic (exact) mass is 1240 g/mol. The largest absolute Gasteiger partial charge is 0.472 e. The molecule has 0 aromatic rings. The Labute approximate surface area is 511 Å². The molecule has 0 aromatic heterocycles. The molecule has 498 valence electrons. The lowest BCUT2D eigenvalue weighted by molar-refractivity contribution is -0.161. The number of ether oxygens (including phenoxy) is 4. The van der Waals surface area contributed by atoms with Gasteiger partial charge in [0, 0.05) is 25.7 Å². The SMILES string of the molecule is CC(C)CCCCCCCCCCCCCCC(=O)O[C@H](COC(=O)CCCCCCCCCC(C)C)COP(=O)(O)OCC(O)COP(=O)(O)OC[C@@H](COC(=O)CCCCCCCCCC(C)C)OC(=O)CCCCCCCCC(C)C. The number of aliphatic hydroxyl groups excluding tert-OH is 1. The minimum Gasteiger partial charge on any atom is -0.462 e. The van der Waals surface area contributed by atoms with Crippen molar-refractivity contribution in [1.29, 1.82) is 0 Å². The van der Waals surface area contributed by atoms with Gasteiger partial charge in [0.15, 0.2) is 12.2 Å². The number of hydrogen-bond donors (Lipinski definition) is 3. The van der Waals surface area contributed by atoms with Crippen LogP contribution < -0.4 is 0 Å². The third-order valence-corrected chi connectivity index (χ3v) is 16.7. The molecule has 19 heteroatoms. The van der Waals surface area contributed by atoms with E-state index in [0.29, 0.717) is 43.4 Å². The predicted octanol–water partition coefficient (Wildman–Crippen LogP) is 17.8. The zero-order chi connectivity index (χ0) is 62.5. The zero-order valence-corrected chi connectivity index (χ0v) is 56.3. The number of rotatable bonds is 62. The first kappa shape index (κ1) is 82.1. The van der Waals surface area contributed by atoms with E-state index >= 15 is 0 Å². The van der Waals surface area contributed by atoms with Crippen molar-refractivity contribution in [2.75, 3.05) is 39.6 Å². The molecule has 0 saturated heterocycles. The normalized spacial score (nSPS) is 14.4. The second-order valence-electron chi connectivity index (χ2n) is 25.4. The first-order chi connectivity index (χ1) is 40.1.